The molecular weight excluding hydrogens is 204 g/mol. The van der Waals surface area contributed by atoms with E-state index >= 15 is 0 Å². The van der Waals surface area contributed by atoms with E-state index in [4.69, 9.17) is 5.53 Å². The maximum Gasteiger partial charge on any atom is 0.220 e. The number of carbonyl (C=O) groups excluding carboxylic acids is 1. The smallest absolute Gasteiger partial charge is 0.220 e. The van der Waals surface area contributed by atoms with Crippen molar-refractivity contribution in [3.63, 3.8) is 0 Å². The molecule has 0 fully saturated rings. The van der Waals surface area contributed by atoms with E-state index in [1.807, 2.05) is 0 Å². The minimum absolute atomic E-state index is 0.0856. The lowest BCUT2D eigenvalue weighted by Crippen LogP contribution is -2.33. The van der Waals surface area contributed by atoms with Crippen molar-refractivity contribution in [2.75, 3.05) is 13.1 Å². The Hall–Kier alpha value is -1.22. The van der Waals surface area contributed by atoms with E-state index in [-0.39, 0.29) is 11.3 Å². The number of rotatable bonds is 8. The Bertz CT molecular complexity index is 257. The fourth-order valence-corrected chi connectivity index (χ4v) is 1.06. The summed E-state index contributed by atoms with van der Waals surface area (Å²) in [6.07, 6.45) is 3.11. The molecule has 1 N–H and O–H groups in total. The summed E-state index contributed by atoms with van der Waals surface area (Å²) in [5.74, 6) is 0.0856. The zero-order chi connectivity index (χ0) is 12.4. The fourth-order valence-electron chi connectivity index (χ4n) is 1.06. The molecule has 0 aliphatic heterocycles. The van der Waals surface area contributed by atoms with Crippen LogP contribution in [0.1, 0.15) is 46.5 Å². The van der Waals surface area contributed by atoms with Gasteiger partial charge in [0.05, 0.1) is 0 Å². The van der Waals surface area contributed by atoms with E-state index in [9.17, 15) is 4.79 Å². The second-order valence-corrected chi connectivity index (χ2v) is 4.71. The van der Waals surface area contributed by atoms with Gasteiger partial charge in [-0.2, -0.15) is 0 Å². The first-order chi connectivity index (χ1) is 7.52. The average Bonchev–Trinajstić information content (AvgIpc) is 2.26. The van der Waals surface area contributed by atoms with Crippen LogP contribution in [0.2, 0.25) is 0 Å². The van der Waals surface area contributed by atoms with Gasteiger partial charge in [-0.1, -0.05) is 25.9 Å². The molecule has 0 unspecified atom stereocenters. The van der Waals surface area contributed by atoms with E-state index in [1.54, 1.807) is 0 Å². The number of nitrogens with one attached hydrogen (secondary N) is 1. The molecule has 0 saturated carbocycles. The number of unbranched alkanes of at least 4 members (excludes halogenated alkanes) is 1. The number of nitrogens with zero attached hydrogens (tertiary/aromatic N) is 3. The van der Waals surface area contributed by atoms with Crippen LogP contribution in [0.5, 0.6) is 0 Å². The van der Waals surface area contributed by atoms with Gasteiger partial charge in [-0.05, 0) is 30.2 Å². The Morgan fingerprint density at radius 3 is 2.69 bits per heavy atom. The summed E-state index contributed by atoms with van der Waals surface area (Å²) < 4.78 is 0. The Labute approximate surface area is 97.2 Å². The Balaban J connectivity index is 3.56. The van der Waals surface area contributed by atoms with Crippen LogP contribution in [0.3, 0.4) is 0 Å². The summed E-state index contributed by atoms with van der Waals surface area (Å²) in [4.78, 5) is 14.1. The second-order valence-electron chi connectivity index (χ2n) is 4.71. The second kappa shape index (κ2) is 7.99. The third-order valence-corrected chi connectivity index (χ3v) is 2.70. The molecule has 0 aliphatic rings. The fraction of sp³-hybridized carbons (Fsp3) is 0.909. The number of amides is 1. The SMILES string of the molecule is CCC(C)(C)CNC(=O)CCCCN=[N+]=[N-]. The number of hydrogen-bond acceptors (Lipinski definition) is 2. The molecule has 0 saturated heterocycles. The highest BCUT2D eigenvalue weighted by Gasteiger charge is 2.15. The summed E-state index contributed by atoms with van der Waals surface area (Å²) >= 11 is 0. The van der Waals surface area contributed by atoms with Gasteiger partial charge in [-0.15, -0.1) is 0 Å². The Kier molecular flexibility index (Phi) is 7.38. The van der Waals surface area contributed by atoms with Gasteiger partial charge >= 0.3 is 0 Å². The van der Waals surface area contributed by atoms with Crippen molar-refractivity contribution in [1.29, 1.82) is 0 Å². The average molecular weight is 226 g/mol. The maximum atomic E-state index is 11.4. The molecule has 0 aliphatic carbocycles. The molecule has 0 aromatic carbocycles. The molecule has 0 spiro atoms. The van der Waals surface area contributed by atoms with E-state index in [0.29, 0.717) is 13.0 Å². The lowest BCUT2D eigenvalue weighted by atomic mass is 9.90. The van der Waals surface area contributed by atoms with Gasteiger partial charge in [0.15, 0.2) is 0 Å². The molecule has 16 heavy (non-hydrogen) atoms. The first-order valence-corrected chi connectivity index (χ1v) is 5.79. The molecule has 0 bridgehead atoms. The molecule has 5 heteroatoms. The first-order valence-electron chi connectivity index (χ1n) is 5.79. The summed E-state index contributed by atoms with van der Waals surface area (Å²) in [5.41, 5.74) is 8.22. The van der Waals surface area contributed by atoms with Crippen LogP contribution in [0.15, 0.2) is 5.11 Å². The number of carbonyl (C=O) groups is 1. The predicted octanol–water partition coefficient (Wildman–Crippen LogP) is 3.02. The van der Waals surface area contributed by atoms with Crippen LogP contribution in [0.4, 0.5) is 0 Å². The Morgan fingerprint density at radius 1 is 1.44 bits per heavy atom. The minimum Gasteiger partial charge on any atom is -0.356 e. The molecule has 0 radical (unpaired) electrons. The van der Waals surface area contributed by atoms with Crippen molar-refractivity contribution in [2.45, 2.75) is 46.5 Å². The van der Waals surface area contributed by atoms with Gasteiger partial charge in [-0.3, -0.25) is 4.79 Å². The summed E-state index contributed by atoms with van der Waals surface area (Å²) in [5, 5.41) is 6.34. The van der Waals surface area contributed by atoms with Gasteiger partial charge in [0.1, 0.15) is 0 Å². The number of azide groups is 1. The van der Waals surface area contributed by atoms with Gasteiger partial charge in [0, 0.05) is 24.4 Å². The van der Waals surface area contributed by atoms with E-state index in [2.05, 4.69) is 36.1 Å². The van der Waals surface area contributed by atoms with Crippen molar-refractivity contribution in [3.8, 4) is 0 Å². The third-order valence-electron chi connectivity index (χ3n) is 2.70. The molecule has 1 amide bonds. The normalized spacial score (nSPS) is 10.7. The molecule has 5 nitrogen and oxygen atoms in total. The summed E-state index contributed by atoms with van der Waals surface area (Å²) in [7, 11) is 0. The van der Waals surface area contributed by atoms with Crippen molar-refractivity contribution in [2.24, 2.45) is 10.5 Å². The topological polar surface area (TPSA) is 77.9 Å². The van der Waals surface area contributed by atoms with Crippen LogP contribution < -0.4 is 5.32 Å². The lowest BCUT2D eigenvalue weighted by molar-refractivity contribution is -0.121. The molecule has 0 atom stereocenters. The van der Waals surface area contributed by atoms with Crippen molar-refractivity contribution >= 4 is 5.91 Å². The van der Waals surface area contributed by atoms with Gasteiger partial charge in [0.2, 0.25) is 5.91 Å². The van der Waals surface area contributed by atoms with Crippen molar-refractivity contribution in [1.82, 2.24) is 5.32 Å². The molecule has 0 rings (SSSR count). The lowest BCUT2D eigenvalue weighted by Gasteiger charge is -2.22. The van der Waals surface area contributed by atoms with Crippen LogP contribution in [0.25, 0.3) is 10.4 Å². The number of hydrogen-bond donors (Lipinski definition) is 1. The zero-order valence-corrected chi connectivity index (χ0v) is 10.5. The van der Waals surface area contributed by atoms with Gasteiger partial charge < -0.3 is 5.32 Å². The zero-order valence-electron chi connectivity index (χ0n) is 10.5. The third kappa shape index (κ3) is 8.12. The predicted molar refractivity (Wildman–Crippen MR) is 64.9 cm³/mol. The van der Waals surface area contributed by atoms with Crippen LogP contribution >= 0.6 is 0 Å². The van der Waals surface area contributed by atoms with Crippen LogP contribution in [-0.4, -0.2) is 19.0 Å². The summed E-state index contributed by atoms with van der Waals surface area (Å²) in [6.45, 7) is 7.58. The molecule has 0 aromatic heterocycles. The van der Waals surface area contributed by atoms with Gasteiger partial charge in [0.25, 0.3) is 0 Å². The first kappa shape index (κ1) is 14.8. The van der Waals surface area contributed by atoms with E-state index < -0.39 is 0 Å². The van der Waals surface area contributed by atoms with Crippen molar-refractivity contribution < 1.29 is 4.79 Å². The molecule has 0 heterocycles. The van der Waals surface area contributed by atoms with Gasteiger partial charge in [-0.25, -0.2) is 0 Å². The van der Waals surface area contributed by atoms with E-state index in [1.165, 1.54) is 0 Å². The highest BCUT2D eigenvalue weighted by molar-refractivity contribution is 5.75. The van der Waals surface area contributed by atoms with Crippen molar-refractivity contribution in [3.05, 3.63) is 10.4 Å². The largest absolute Gasteiger partial charge is 0.356 e. The Morgan fingerprint density at radius 2 is 2.12 bits per heavy atom. The highest BCUT2D eigenvalue weighted by Crippen LogP contribution is 2.17. The highest BCUT2D eigenvalue weighted by atomic mass is 16.1. The molecule has 92 valence electrons. The van der Waals surface area contributed by atoms with Crippen LogP contribution in [0, 0.1) is 5.41 Å². The quantitative estimate of drug-likeness (QED) is 0.293. The monoisotopic (exact) mass is 226 g/mol. The standard InChI is InChI=1S/C11H22N4O/c1-4-11(2,3)9-13-10(16)7-5-6-8-14-15-12/h4-9H2,1-3H3,(H,13,16). The molecule has 0 aromatic rings. The molecular formula is C11H22N4O. The van der Waals surface area contributed by atoms with Crippen LogP contribution in [-0.2, 0) is 4.79 Å². The maximum absolute atomic E-state index is 11.4. The minimum atomic E-state index is 0.0856. The van der Waals surface area contributed by atoms with E-state index in [0.717, 1.165) is 25.8 Å². The summed E-state index contributed by atoms with van der Waals surface area (Å²) in [6, 6.07) is 0.